The summed E-state index contributed by atoms with van der Waals surface area (Å²) in [6, 6.07) is 3.99. The molecule has 1 fully saturated rings. The molecule has 0 saturated carbocycles. The summed E-state index contributed by atoms with van der Waals surface area (Å²) in [6.45, 7) is 2.57. The maximum Gasteiger partial charge on any atom is 0.253 e. The number of aryl methyl sites for hydroxylation is 1. The van der Waals surface area contributed by atoms with Gasteiger partial charge in [-0.2, -0.15) is 0 Å². The zero-order valence-electron chi connectivity index (χ0n) is 12.2. The first-order valence-corrected chi connectivity index (χ1v) is 7.99. The third-order valence-corrected chi connectivity index (χ3v) is 4.90. The molecular weight excluding hydrogens is 264 g/mol. The van der Waals surface area contributed by atoms with Crippen LogP contribution in [0.5, 0.6) is 0 Å². The summed E-state index contributed by atoms with van der Waals surface area (Å²) in [6.07, 6.45) is 5.88. The van der Waals surface area contributed by atoms with Crippen LogP contribution in [-0.4, -0.2) is 36.3 Å². The van der Waals surface area contributed by atoms with E-state index in [0.29, 0.717) is 6.42 Å². The van der Waals surface area contributed by atoms with Gasteiger partial charge in [0.25, 0.3) is 5.91 Å². The number of hydrogen-bond donors (Lipinski definition) is 0. The molecule has 110 valence electrons. The normalized spacial score (nSPS) is 20.7. The number of likely N-dealkylation sites (tertiary alicyclic amines) is 1. The average Bonchev–Trinajstić information content (AvgIpc) is 2.85. The summed E-state index contributed by atoms with van der Waals surface area (Å²) in [5.41, 5.74) is 4.12. The molecule has 0 bridgehead atoms. The van der Waals surface area contributed by atoms with Gasteiger partial charge in [0.15, 0.2) is 0 Å². The highest BCUT2D eigenvalue weighted by Gasteiger charge is 2.33. The molecule has 1 saturated heterocycles. The Kier molecular flexibility index (Phi) is 2.98. The van der Waals surface area contributed by atoms with E-state index in [0.717, 1.165) is 62.1 Å². The van der Waals surface area contributed by atoms with Crippen molar-refractivity contribution in [1.29, 1.82) is 0 Å². The number of rotatable bonds is 1. The molecule has 3 aliphatic heterocycles. The second-order valence-corrected chi connectivity index (χ2v) is 6.32. The Morgan fingerprint density at radius 3 is 2.52 bits per heavy atom. The molecule has 4 nitrogen and oxygen atoms in total. The Balaban J connectivity index is 1.70. The number of benzene rings is 1. The summed E-state index contributed by atoms with van der Waals surface area (Å²) < 4.78 is 0. The molecule has 4 heteroatoms. The summed E-state index contributed by atoms with van der Waals surface area (Å²) in [4.78, 5) is 28.6. The standard InChI is InChI=1S/C17H20N2O2/c20-15-11-13-10-14(17(21)18-6-2-1-3-7-18)9-12-5-4-8-19(15)16(12)13/h9-10H,1-8,11H2. The van der Waals surface area contributed by atoms with E-state index < -0.39 is 0 Å². The van der Waals surface area contributed by atoms with Gasteiger partial charge in [-0.3, -0.25) is 9.59 Å². The van der Waals surface area contributed by atoms with Crippen LogP contribution < -0.4 is 4.90 Å². The number of carbonyl (C=O) groups excluding carboxylic acids is 2. The van der Waals surface area contributed by atoms with Crippen LogP contribution >= 0.6 is 0 Å². The third kappa shape index (κ3) is 2.04. The SMILES string of the molecule is O=C(c1cc2c3c(c1)CC(=O)N3CCC2)N1CCCCC1. The van der Waals surface area contributed by atoms with Gasteiger partial charge in [0, 0.05) is 25.2 Å². The van der Waals surface area contributed by atoms with Crippen LogP contribution in [0.2, 0.25) is 0 Å². The van der Waals surface area contributed by atoms with Crippen molar-refractivity contribution in [2.45, 2.75) is 38.5 Å². The number of piperidine rings is 1. The Morgan fingerprint density at radius 1 is 0.952 bits per heavy atom. The van der Waals surface area contributed by atoms with E-state index in [4.69, 9.17) is 0 Å². The van der Waals surface area contributed by atoms with Gasteiger partial charge in [0.05, 0.1) is 12.1 Å². The Morgan fingerprint density at radius 2 is 1.71 bits per heavy atom. The van der Waals surface area contributed by atoms with Crippen LogP contribution in [0.1, 0.15) is 47.2 Å². The third-order valence-electron chi connectivity index (χ3n) is 4.90. The minimum Gasteiger partial charge on any atom is -0.339 e. The second-order valence-electron chi connectivity index (χ2n) is 6.32. The van der Waals surface area contributed by atoms with Gasteiger partial charge in [-0.05, 0) is 55.4 Å². The molecule has 2 amide bonds. The van der Waals surface area contributed by atoms with Crippen molar-refractivity contribution in [3.8, 4) is 0 Å². The van der Waals surface area contributed by atoms with Crippen molar-refractivity contribution in [2.24, 2.45) is 0 Å². The fraction of sp³-hybridized carbons (Fsp3) is 0.529. The summed E-state index contributed by atoms with van der Waals surface area (Å²) in [5.74, 6) is 0.332. The summed E-state index contributed by atoms with van der Waals surface area (Å²) in [5, 5.41) is 0. The highest BCUT2D eigenvalue weighted by atomic mass is 16.2. The van der Waals surface area contributed by atoms with E-state index in [1.807, 2.05) is 21.9 Å². The number of carbonyl (C=O) groups is 2. The minimum absolute atomic E-state index is 0.144. The van der Waals surface area contributed by atoms with Gasteiger partial charge >= 0.3 is 0 Å². The zero-order valence-corrected chi connectivity index (χ0v) is 12.2. The molecule has 3 aliphatic rings. The highest BCUT2D eigenvalue weighted by Crippen LogP contribution is 2.37. The largest absolute Gasteiger partial charge is 0.339 e. The zero-order chi connectivity index (χ0) is 14.4. The number of anilines is 1. The first-order chi connectivity index (χ1) is 10.2. The van der Waals surface area contributed by atoms with E-state index in [9.17, 15) is 9.59 Å². The fourth-order valence-corrected chi connectivity index (χ4v) is 3.88. The van der Waals surface area contributed by atoms with Crippen molar-refractivity contribution in [1.82, 2.24) is 4.90 Å². The van der Waals surface area contributed by atoms with E-state index in [1.165, 1.54) is 12.0 Å². The molecule has 1 aromatic carbocycles. The Labute approximate surface area is 124 Å². The van der Waals surface area contributed by atoms with Gasteiger partial charge in [-0.1, -0.05) is 0 Å². The smallest absolute Gasteiger partial charge is 0.253 e. The molecule has 0 spiro atoms. The van der Waals surface area contributed by atoms with Crippen LogP contribution in [0, 0.1) is 0 Å². The summed E-state index contributed by atoms with van der Waals surface area (Å²) >= 11 is 0. The van der Waals surface area contributed by atoms with Gasteiger partial charge in [-0.15, -0.1) is 0 Å². The lowest BCUT2D eigenvalue weighted by atomic mass is 9.96. The van der Waals surface area contributed by atoms with Crippen LogP contribution in [-0.2, 0) is 17.6 Å². The predicted octanol–water partition coefficient (Wildman–Crippen LogP) is 2.15. The topological polar surface area (TPSA) is 40.6 Å². The monoisotopic (exact) mass is 284 g/mol. The van der Waals surface area contributed by atoms with E-state index in [-0.39, 0.29) is 11.8 Å². The quantitative estimate of drug-likeness (QED) is 0.793. The first kappa shape index (κ1) is 12.9. The lowest BCUT2D eigenvalue weighted by molar-refractivity contribution is -0.117. The lowest BCUT2D eigenvalue weighted by Gasteiger charge is -2.28. The van der Waals surface area contributed by atoms with E-state index in [1.54, 1.807) is 0 Å². The van der Waals surface area contributed by atoms with Crippen molar-refractivity contribution in [2.75, 3.05) is 24.5 Å². The fourth-order valence-electron chi connectivity index (χ4n) is 3.88. The predicted molar refractivity (Wildman–Crippen MR) is 80.6 cm³/mol. The second kappa shape index (κ2) is 4.86. The van der Waals surface area contributed by atoms with Crippen LogP contribution in [0.15, 0.2) is 12.1 Å². The van der Waals surface area contributed by atoms with Crippen molar-refractivity contribution in [3.05, 3.63) is 28.8 Å². The lowest BCUT2D eigenvalue weighted by Crippen LogP contribution is -2.36. The van der Waals surface area contributed by atoms with E-state index >= 15 is 0 Å². The van der Waals surface area contributed by atoms with Crippen LogP contribution in [0.25, 0.3) is 0 Å². The Hall–Kier alpha value is -1.84. The molecule has 3 heterocycles. The highest BCUT2D eigenvalue weighted by molar-refractivity contribution is 6.04. The average molecular weight is 284 g/mol. The molecular formula is C17H20N2O2. The first-order valence-electron chi connectivity index (χ1n) is 7.99. The van der Waals surface area contributed by atoms with Gasteiger partial charge in [0.2, 0.25) is 5.91 Å². The minimum atomic E-state index is 0.144. The number of nitrogens with zero attached hydrogens (tertiary/aromatic N) is 2. The van der Waals surface area contributed by atoms with Gasteiger partial charge < -0.3 is 9.80 Å². The maximum absolute atomic E-state index is 12.7. The molecule has 0 aliphatic carbocycles. The molecule has 0 radical (unpaired) electrons. The van der Waals surface area contributed by atoms with Crippen molar-refractivity contribution < 1.29 is 9.59 Å². The summed E-state index contributed by atoms with van der Waals surface area (Å²) in [7, 11) is 0. The molecule has 1 aromatic rings. The molecule has 21 heavy (non-hydrogen) atoms. The van der Waals surface area contributed by atoms with Crippen molar-refractivity contribution in [3.63, 3.8) is 0 Å². The maximum atomic E-state index is 12.7. The van der Waals surface area contributed by atoms with Crippen LogP contribution in [0.3, 0.4) is 0 Å². The van der Waals surface area contributed by atoms with Crippen LogP contribution in [0.4, 0.5) is 5.69 Å². The molecule has 4 rings (SSSR count). The Bertz CT molecular complexity index is 617. The molecule has 0 aromatic heterocycles. The van der Waals surface area contributed by atoms with Gasteiger partial charge in [0.1, 0.15) is 0 Å². The number of amides is 2. The van der Waals surface area contributed by atoms with E-state index in [2.05, 4.69) is 0 Å². The van der Waals surface area contributed by atoms with Gasteiger partial charge in [-0.25, -0.2) is 0 Å². The molecule has 0 N–H and O–H groups in total. The number of hydrogen-bond acceptors (Lipinski definition) is 2. The molecule has 0 unspecified atom stereocenters. The van der Waals surface area contributed by atoms with Crippen molar-refractivity contribution >= 4 is 17.5 Å². The molecule has 0 atom stereocenters.